The maximum atomic E-state index is 15.4. The zero-order chi connectivity index (χ0) is 23.6. The molecule has 7 nitrogen and oxygen atoms in total. The third-order valence-corrected chi connectivity index (χ3v) is 6.63. The first-order valence-corrected chi connectivity index (χ1v) is 11.1. The normalized spacial score (nSPS) is 20.0. The van der Waals surface area contributed by atoms with Crippen molar-refractivity contribution in [1.82, 2.24) is 18.9 Å². The van der Waals surface area contributed by atoms with Crippen molar-refractivity contribution < 1.29 is 9.50 Å². The SMILES string of the molecule is CC1(O)CC(c2nc(-c3cc4c(=O)n(-c5ccccc5)ccc4cc3F)c3c(N)nccn23)C1. The predicted octanol–water partition coefficient (Wildman–Crippen LogP) is 4.05. The van der Waals surface area contributed by atoms with E-state index in [4.69, 9.17) is 10.7 Å². The van der Waals surface area contributed by atoms with Gasteiger partial charge >= 0.3 is 0 Å². The van der Waals surface area contributed by atoms with Crippen molar-refractivity contribution in [3.05, 3.63) is 89.1 Å². The molecule has 34 heavy (non-hydrogen) atoms. The van der Waals surface area contributed by atoms with Crippen molar-refractivity contribution in [2.45, 2.75) is 31.3 Å². The standard InChI is InChI=1S/C26H22FN5O2/c1-26(34)13-16(14-26)24-30-21(22-23(28)29-8-10-32(22)24)19-12-18-15(11-20(19)27)7-9-31(25(18)33)17-5-3-2-4-6-17/h2-12,16,34H,13-14H2,1H3,(H2,28,29). The fourth-order valence-electron chi connectivity index (χ4n) is 4.98. The molecule has 2 aromatic carbocycles. The summed E-state index contributed by atoms with van der Waals surface area (Å²) in [5.74, 6) is 0.424. The van der Waals surface area contributed by atoms with Gasteiger partial charge in [-0.1, -0.05) is 18.2 Å². The lowest BCUT2D eigenvalue weighted by atomic mass is 9.72. The molecule has 0 unspecified atom stereocenters. The number of aliphatic hydroxyl groups is 1. The Morgan fingerprint density at radius 2 is 1.91 bits per heavy atom. The average Bonchev–Trinajstić information content (AvgIpc) is 3.18. The number of anilines is 1. The van der Waals surface area contributed by atoms with Gasteiger partial charge in [0.25, 0.3) is 5.56 Å². The molecule has 6 rings (SSSR count). The first kappa shape index (κ1) is 20.6. The Morgan fingerprint density at radius 1 is 1.15 bits per heavy atom. The summed E-state index contributed by atoms with van der Waals surface area (Å²) >= 11 is 0. The van der Waals surface area contributed by atoms with E-state index in [0.717, 1.165) is 5.69 Å². The first-order valence-electron chi connectivity index (χ1n) is 11.1. The molecule has 1 aliphatic carbocycles. The number of halogens is 1. The molecule has 1 fully saturated rings. The highest BCUT2D eigenvalue weighted by Gasteiger charge is 2.42. The van der Waals surface area contributed by atoms with Crippen molar-refractivity contribution in [3.63, 3.8) is 0 Å². The summed E-state index contributed by atoms with van der Waals surface area (Å²) < 4.78 is 18.7. The highest BCUT2D eigenvalue weighted by atomic mass is 19.1. The molecule has 0 radical (unpaired) electrons. The summed E-state index contributed by atoms with van der Waals surface area (Å²) in [7, 11) is 0. The number of para-hydroxylation sites is 1. The molecule has 0 atom stereocenters. The molecule has 1 saturated carbocycles. The van der Waals surface area contributed by atoms with E-state index >= 15 is 4.39 Å². The number of nitrogens with zero attached hydrogens (tertiary/aromatic N) is 4. The molecule has 5 aromatic rings. The van der Waals surface area contributed by atoms with Crippen molar-refractivity contribution in [2.24, 2.45) is 0 Å². The largest absolute Gasteiger partial charge is 0.390 e. The van der Waals surface area contributed by atoms with Gasteiger partial charge in [0, 0.05) is 41.1 Å². The van der Waals surface area contributed by atoms with Gasteiger partial charge in [0.05, 0.1) is 5.60 Å². The monoisotopic (exact) mass is 455 g/mol. The fraction of sp³-hybridized carbons (Fsp3) is 0.192. The number of rotatable bonds is 3. The fourth-order valence-corrected chi connectivity index (χ4v) is 4.98. The van der Waals surface area contributed by atoms with Crippen molar-refractivity contribution in [1.29, 1.82) is 0 Å². The van der Waals surface area contributed by atoms with Crippen LogP contribution in [0, 0.1) is 5.82 Å². The Hall–Kier alpha value is -4.04. The summed E-state index contributed by atoms with van der Waals surface area (Å²) in [6.45, 7) is 1.79. The predicted molar refractivity (Wildman–Crippen MR) is 128 cm³/mol. The topological polar surface area (TPSA) is 98.4 Å². The van der Waals surface area contributed by atoms with Crippen molar-refractivity contribution >= 4 is 22.1 Å². The Morgan fingerprint density at radius 3 is 2.65 bits per heavy atom. The van der Waals surface area contributed by atoms with Crippen LogP contribution in [-0.4, -0.2) is 29.6 Å². The number of hydrogen-bond acceptors (Lipinski definition) is 5. The van der Waals surface area contributed by atoms with Gasteiger partial charge in [0.1, 0.15) is 28.7 Å². The molecule has 170 valence electrons. The van der Waals surface area contributed by atoms with E-state index in [-0.39, 0.29) is 22.9 Å². The van der Waals surface area contributed by atoms with E-state index in [1.165, 1.54) is 10.6 Å². The first-order chi connectivity index (χ1) is 16.3. The number of hydrogen-bond donors (Lipinski definition) is 2. The van der Waals surface area contributed by atoms with Crippen molar-refractivity contribution in [2.75, 3.05) is 5.73 Å². The van der Waals surface area contributed by atoms with E-state index in [0.29, 0.717) is 40.6 Å². The number of pyridine rings is 1. The molecule has 0 aliphatic heterocycles. The average molecular weight is 455 g/mol. The van der Waals surface area contributed by atoms with Crippen LogP contribution in [0.25, 0.3) is 33.2 Å². The third kappa shape index (κ3) is 3.10. The highest BCUT2D eigenvalue weighted by molar-refractivity contribution is 5.92. The molecular weight excluding hydrogens is 433 g/mol. The zero-order valence-corrected chi connectivity index (χ0v) is 18.4. The molecule has 3 aromatic heterocycles. The van der Waals surface area contributed by atoms with Crippen LogP contribution in [0.15, 0.2) is 71.9 Å². The molecule has 1 aliphatic rings. The number of aromatic nitrogens is 4. The molecule has 0 amide bonds. The summed E-state index contributed by atoms with van der Waals surface area (Å²) in [6, 6.07) is 13.9. The lowest BCUT2D eigenvalue weighted by molar-refractivity contribution is -0.0335. The van der Waals surface area contributed by atoms with Gasteiger partial charge in [-0.2, -0.15) is 0 Å². The van der Waals surface area contributed by atoms with Crippen molar-refractivity contribution in [3.8, 4) is 16.9 Å². The second kappa shape index (κ2) is 7.23. The Kier molecular flexibility index (Phi) is 4.37. The van der Waals surface area contributed by atoms with Gasteiger partial charge in [-0.3, -0.25) is 13.8 Å². The Labute approximate surface area is 193 Å². The summed E-state index contributed by atoms with van der Waals surface area (Å²) in [5, 5.41) is 11.1. The van der Waals surface area contributed by atoms with Crippen LogP contribution in [0.1, 0.15) is 31.5 Å². The van der Waals surface area contributed by atoms with Crippen LogP contribution in [0.5, 0.6) is 0 Å². The van der Waals surface area contributed by atoms with Crippen LogP contribution in [-0.2, 0) is 0 Å². The summed E-state index contributed by atoms with van der Waals surface area (Å²) in [5.41, 5.74) is 6.93. The van der Waals surface area contributed by atoms with Crippen LogP contribution in [0.4, 0.5) is 10.2 Å². The molecule has 0 spiro atoms. The Bertz CT molecular complexity index is 1630. The van der Waals surface area contributed by atoms with E-state index in [1.807, 2.05) is 34.7 Å². The maximum absolute atomic E-state index is 15.4. The van der Waals surface area contributed by atoms with E-state index < -0.39 is 11.4 Å². The van der Waals surface area contributed by atoms with E-state index in [9.17, 15) is 9.90 Å². The quantitative estimate of drug-likeness (QED) is 0.428. The second-order valence-electron chi connectivity index (χ2n) is 9.20. The summed E-state index contributed by atoms with van der Waals surface area (Å²) in [6.07, 6.45) is 6.06. The van der Waals surface area contributed by atoms with Gasteiger partial charge in [0.15, 0.2) is 0 Å². The second-order valence-corrected chi connectivity index (χ2v) is 9.20. The number of imidazole rings is 1. The molecule has 3 N–H and O–H groups in total. The molecule has 0 bridgehead atoms. The number of fused-ring (bicyclic) bond motifs is 2. The number of benzene rings is 2. The Balaban J connectivity index is 1.58. The zero-order valence-electron chi connectivity index (χ0n) is 18.4. The van der Waals surface area contributed by atoms with Gasteiger partial charge < -0.3 is 10.8 Å². The molecular formula is C26H22FN5O2. The maximum Gasteiger partial charge on any atom is 0.262 e. The number of nitrogen functional groups attached to an aromatic ring is 1. The third-order valence-electron chi connectivity index (χ3n) is 6.63. The minimum absolute atomic E-state index is 0.0110. The van der Waals surface area contributed by atoms with Gasteiger partial charge in [0.2, 0.25) is 0 Å². The van der Waals surface area contributed by atoms with Crippen LogP contribution < -0.4 is 11.3 Å². The number of nitrogens with two attached hydrogens (primary N) is 1. The lowest BCUT2D eigenvalue weighted by Gasteiger charge is -2.40. The highest BCUT2D eigenvalue weighted by Crippen LogP contribution is 2.45. The van der Waals surface area contributed by atoms with Gasteiger partial charge in [-0.15, -0.1) is 0 Å². The smallest absolute Gasteiger partial charge is 0.262 e. The van der Waals surface area contributed by atoms with Crippen LogP contribution >= 0.6 is 0 Å². The molecule has 3 heterocycles. The lowest BCUT2D eigenvalue weighted by Crippen LogP contribution is -2.40. The molecule has 0 saturated heterocycles. The van der Waals surface area contributed by atoms with Gasteiger partial charge in [-0.25, -0.2) is 14.4 Å². The van der Waals surface area contributed by atoms with E-state index in [2.05, 4.69) is 4.98 Å². The van der Waals surface area contributed by atoms with Crippen LogP contribution in [0.3, 0.4) is 0 Å². The van der Waals surface area contributed by atoms with Crippen LogP contribution in [0.2, 0.25) is 0 Å². The minimum atomic E-state index is -0.744. The van der Waals surface area contributed by atoms with Gasteiger partial charge in [-0.05, 0) is 55.5 Å². The summed E-state index contributed by atoms with van der Waals surface area (Å²) in [4.78, 5) is 22.3. The minimum Gasteiger partial charge on any atom is -0.390 e. The van der Waals surface area contributed by atoms with E-state index in [1.54, 1.807) is 37.6 Å². The molecule has 8 heteroatoms.